The Morgan fingerprint density at radius 1 is 1.53 bits per heavy atom. The zero-order valence-electron chi connectivity index (χ0n) is 9.75. The van der Waals surface area contributed by atoms with Crippen molar-refractivity contribution in [2.45, 2.75) is 0 Å². The van der Waals surface area contributed by atoms with Crippen LogP contribution in [-0.2, 0) is 4.74 Å². The second-order valence-corrected chi connectivity index (χ2v) is 4.55. The standard InChI is InChI=1S/C12H10N2O4S/c1-2-5-18-12(17)13-7-3-4-9-8(6-7)14-10(19-9)11(15)16/h2-4,6H,1,5H2,(H,13,17)(H,15,16). The van der Waals surface area contributed by atoms with Crippen molar-refractivity contribution in [1.82, 2.24) is 4.98 Å². The maximum atomic E-state index is 11.3. The lowest BCUT2D eigenvalue weighted by Gasteiger charge is -2.04. The number of carbonyl (C=O) groups is 2. The lowest BCUT2D eigenvalue weighted by Crippen LogP contribution is -2.13. The molecule has 0 atom stereocenters. The van der Waals surface area contributed by atoms with Crippen molar-refractivity contribution in [3.8, 4) is 0 Å². The first-order chi connectivity index (χ1) is 9.10. The van der Waals surface area contributed by atoms with Crippen LogP contribution in [0.15, 0.2) is 30.9 Å². The highest BCUT2D eigenvalue weighted by molar-refractivity contribution is 7.20. The number of aromatic nitrogens is 1. The van der Waals surface area contributed by atoms with Crippen molar-refractivity contribution in [3.05, 3.63) is 35.9 Å². The molecule has 1 aromatic carbocycles. The van der Waals surface area contributed by atoms with Gasteiger partial charge in [-0.05, 0) is 18.2 Å². The Bertz CT molecular complexity index is 650. The summed E-state index contributed by atoms with van der Waals surface area (Å²) in [6.45, 7) is 3.55. The largest absolute Gasteiger partial charge is 0.476 e. The van der Waals surface area contributed by atoms with Gasteiger partial charge in [-0.15, -0.1) is 11.3 Å². The van der Waals surface area contributed by atoms with Crippen LogP contribution < -0.4 is 5.32 Å². The van der Waals surface area contributed by atoms with E-state index in [1.54, 1.807) is 18.2 Å². The molecule has 0 spiro atoms. The molecule has 0 saturated carbocycles. The zero-order valence-corrected chi connectivity index (χ0v) is 10.6. The maximum absolute atomic E-state index is 11.3. The van der Waals surface area contributed by atoms with Gasteiger partial charge in [-0.3, -0.25) is 5.32 Å². The normalized spacial score (nSPS) is 10.1. The molecule has 0 aliphatic heterocycles. The minimum atomic E-state index is -1.07. The first kappa shape index (κ1) is 13.0. The number of carbonyl (C=O) groups excluding carboxylic acids is 1. The van der Waals surface area contributed by atoms with E-state index in [0.29, 0.717) is 11.2 Å². The summed E-state index contributed by atoms with van der Waals surface area (Å²) in [6, 6.07) is 4.94. The molecule has 1 aromatic heterocycles. The first-order valence-corrected chi connectivity index (χ1v) is 6.10. The second kappa shape index (κ2) is 5.49. The fraction of sp³-hybridized carbons (Fsp3) is 0.0833. The summed E-state index contributed by atoms with van der Waals surface area (Å²) in [5.74, 6) is -1.07. The van der Waals surface area contributed by atoms with Crippen LogP contribution in [0.3, 0.4) is 0 Å². The number of carboxylic acid groups (broad SMARTS) is 1. The van der Waals surface area contributed by atoms with Gasteiger partial charge in [0, 0.05) is 5.69 Å². The Balaban J connectivity index is 2.19. The molecule has 0 aliphatic carbocycles. The Kier molecular flexibility index (Phi) is 3.76. The molecule has 0 saturated heterocycles. The van der Waals surface area contributed by atoms with Gasteiger partial charge in [0.2, 0.25) is 5.01 Å². The predicted molar refractivity (Wildman–Crippen MR) is 71.7 cm³/mol. The molecule has 0 unspecified atom stereocenters. The number of carboxylic acids is 1. The van der Waals surface area contributed by atoms with E-state index < -0.39 is 12.1 Å². The number of hydrogen-bond donors (Lipinski definition) is 2. The molecule has 6 nitrogen and oxygen atoms in total. The van der Waals surface area contributed by atoms with Crippen LogP contribution in [0.2, 0.25) is 0 Å². The molecule has 0 radical (unpaired) electrons. The van der Waals surface area contributed by atoms with Crippen LogP contribution >= 0.6 is 11.3 Å². The third-order valence-electron chi connectivity index (χ3n) is 2.15. The minimum Gasteiger partial charge on any atom is -0.476 e. The zero-order chi connectivity index (χ0) is 13.8. The lowest BCUT2D eigenvalue weighted by atomic mass is 10.3. The molecular formula is C12H10N2O4S. The van der Waals surface area contributed by atoms with Gasteiger partial charge < -0.3 is 9.84 Å². The third-order valence-corrected chi connectivity index (χ3v) is 3.17. The van der Waals surface area contributed by atoms with Crippen molar-refractivity contribution in [3.63, 3.8) is 0 Å². The number of nitrogens with one attached hydrogen (secondary N) is 1. The van der Waals surface area contributed by atoms with Gasteiger partial charge in [0.25, 0.3) is 0 Å². The molecular weight excluding hydrogens is 268 g/mol. The number of benzene rings is 1. The second-order valence-electron chi connectivity index (χ2n) is 3.52. The van der Waals surface area contributed by atoms with Crippen molar-refractivity contribution in [2.75, 3.05) is 11.9 Å². The van der Waals surface area contributed by atoms with Gasteiger partial charge in [-0.25, -0.2) is 14.6 Å². The number of fused-ring (bicyclic) bond motifs is 1. The number of hydrogen-bond acceptors (Lipinski definition) is 5. The Labute approximate surface area is 112 Å². The van der Waals surface area contributed by atoms with Gasteiger partial charge in [-0.2, -0.15) is 0 Å². The highest BCUT2D eigenvalue weighted by Crippen LogP contribution is 2.25. The molecule has 1 amide bonds. The number of ether oxygens (including phenoxy) is 1. The summed E-state index contributed by atoms with van der Waals surface area (Å²) in [7, 11) is 0. The molecule has 2 aromatic rings. The lowest BCUT2D eigenvalue weighted by molar-refractivity contribution is 0.0696. The monoisotopic (exact) mass is 278 g/mol. The number of thiazole rings is 1. The van der Waals surface area contributed by atoms with E-state index in [4.69, 9.17) is 9.84 Å². The average Bonchev–Trinajstić information content (AvgIpc) is 2.79. The van der Waals surface area contributed by atoms with E-state index in [2.05, 4.69) is 16.9 Å². The highest BCUT2D eigenvalue weighted by atomic mass is 32.1. The van der Waals surface area contributed by atoms with E-state index in [9.17, 15) is 9.59 Å². The first-order valence-electron chi connectivity index (χ1n) is 5.28. The van der Waals surface area contributed by atoms with E-state index in [1.165, 1.54) is 6.08 Å². The van der Waals surface area contributed by atoms with Crippen LogP contribution in [0.1, 0.15) is 9.80 Å². The number of anilines is 1. The Morgan fingerprint density at radius 3 is 3.00 bits per heavy atom. The molecule has 0 fully saturated rings. The molecule has 19 heavy (non-hydrogen) atoms. The van der Waals surface area contributed by atoms with Crippen molar-refractivity contribution < 1.29 is 19.4 Å². The molecule has 0 aliphatic rings. The van der Waals surface area contributed by atoms with E-state index in [-0.39, 0.29) is 11.6 Å². The van der Waals surface area contributed by atoms with Crippen LogP contribution in [0.25, 0.3) is 10.2 Å². The predicted octanol–water partition coefficient (Wildman–Crippen LogP) is 2.73. The summed E-state index contributed by atoms with van der Waals surface area (Å²) in [5.41, 5.74) is 1.01. The summed E-state index contributed by atoms with van der Waals surface area (Å²) in [5, 5.41) is 11.4. The topological polar surface area (TPSA) is 88.5 Å². The smallest absolute Gasteiger partial charge is 0.411 e. The van der Waals surface area contributed by atoms with Crippen LogP contribution in [0, 0.1) is 0 Å². The van der Waals surface area contributed by atoms with Crippen LogP contribution in [0.4, 0.5) is 10.5 Å². The summed E-state index contributed by atoms with van der Waals surface area (Å²) in [4.78, 5) is 26.1. The van der Waals surface area contributed by atoms with Crippen molar-refractivity contribution >= 4 is 39.3 Å². The number of aromatic carboxylic acids is 1. The van der Waals surface area contributed by atoms with Crippen molar-refractivity contribution in [2.24, 2.45) is 0 Å². The van der Waals surface area contributed by atoms with E-state index in [0.717, 1.165) is 16.0 Å². The quantitative estimate of drug-likeness (QED) is 0.839. The van der Waals surface area contributed by atoms with Gasteiger partial charge in [0.1, 0.15) is 6.61 Å². The van der Waals surface area contributed by atoms with Gasteiger partial charge in [0.05, 0.1) is 10.2 Å². The Hall–Kier alpha value is -2.41. The molecule has 1 heterocycles. The summed E-state index contributed by atoms with van der Waals surface area (Å²) < 4.78 is 5.51. The van der Waals surface area contributed by atoms with E-state index >= 15 is 0 Å². The van der Waals surface area contributed by atoms with Gasteiger partial charge in [0.15, 0.2) is 0 Å². The number of nitrogens with zero attached hydrogens (tertiary/aromatic N) is 1. The summed E-state index contributed by atoms with van der Waals surface area (Å²) >= 11 is 1.08. The fourth-order valence-corrected chi connectivity index (χ4v) is 2.17. The molecule has 2 N–H and O–H groups in total. The SMILES string of the molecule is C=CCOC(=O)Nc1ccc2sc(C(=O)O)nc2c1. The molecule has 0 bridgehead atoms. The summed E-state index contributed by atoms with van der Waals surface area (Å²) in [6.07, 6.45) is 0.857. The maximum Gasteiger partial charge on any atom is 0.411 e. The Morgan fingerprint density at radius 2 is 2.32 bits per heavy atom. The van der Waals surface area contributed by atoms with Crippen LogP contribution in [0.5, 0.6) is 0 Å². The van der Waals surface area contributed by atoms with Crippen LogP contribution in [-0.4, -0.2) is 28.8 Å². The number of amides is 1. The fourth-order valence-electron chi connectivity index (χ4n) is 1.39. The number of rotatable bonds is 4. The van der Waals surface area contributed by atoms with E-state index in [1.807, 2.05) is 0 Å². The highest BCUT2D eigenvalue weighted by Gasteiger charge is 2.11. The third kappa shape index (κ3) is 3.08. The van der Waals surface area contributed by atoms with Gasteiger partial charge >= 0.3 is 12.1 Å². The molecule has 7 heteroatoms. The average molecular weight is 278 g/mol. The van der Waals surface area contributed by atoms with Crippen molar-refractivity contribution in [1.29, 1.82) is 0 Å². The molecule has 98 valence electrons. The molecule has 2 rings (SSSR count). The van der Waals surface area contributed by atoms with Gasteiger partial charge in [-0.1, -0.05) is 12.7 Å². The minimum absolute atomic E-state index is 0.0152.